The van der Waals surface area contributed by atoms with Gasteiger partial charge in [0.1, 0.15) is 0 Å². The zero-order chi connectivity index (χ0) is 14.7. The summed E-state index contributed by atoms with van der Waals surface area (Å²) in [4.78, 5) is 4.42. The van der Waals surface area contributed by atoms with Crippen molar-refractivity contribution in [3.05, 3.63) is 49.9 Å². The van der Waals surface area contributed by atoms with E-state index in [1.165, 1.54) is 0 Å². The first kappa shape index (κ1) is 15.5. The second-order valence-electron chi connectivity index (χ2n) is 4.44. The van der Waals surface area contributed by atoms with Crippen molar-refractivity contribution >= 4 is 27.3 Å². The standard InChI is InChI=1S/C14H15BrF2N2S/c1-3-18-12(6-9-7-20-8(2)19-9)10-4-5-11(16)14(17)13(10)15/h4-5,7,12,18H,3,6H2,1-2H3. The molecular formula is C14H15BrF2N2S. The maximum absolute atomic E-state index is 13.7. The Morgan fingerprint density at radius 3 is 2.75 bits per heavy atom. The summed E-state index contributed by atoms with van der Waals surface area (Å²) in [5.74, 6) is -1.69. The fourth-order valence-corrected chi connectivity index (χ4v) is 3.28. The molecule has 0 spiro atoms. The van der Waals surface area contributed by atoms with Crippen LogP contribution >= 0.6 is 27.3 Å². The van der Waals surface area contributed by atoms with Crippen LogP contribution < -0.4 is 5.32 Å². The molecule has 0 amide bonds. The summed E-state index contributed by atoms with van der Waals surface area (Å²) in [7, 11) is 0. The molecule has 0 fully saturated rings. The van der Waals surface area contributed by atoms with E-state index >= 15 is 0 Å². The molecule has 0 aliphatic rings. The summed E-state index contributed by atoms with van der Waals surface area (Å²) in [5.41, 5.74) is 1.66. The van der Waals surface area contributed by atoms with Gasteiger partial charge >= 0.3 is 0 Å². The Balaban J connectivity index is 2.31. The summed E-state index contributed by atoms with van der Waals surface area (Å²) < 4.78 is 27.1. The Morgan fingerprint density at radius 1 is 1.40 bits per heavy atom. The van der Waals surface area contributed by atoms with Crippen molar-refractivity contribution < 1.29 is 8.78 Å². The molecule has 0 radical (unpaired) electrons. The van der Waals surface area contributed by atoms with Crippen LogP contribution in [0, 0.1) is 18.6 Å². The third-order valence-electron chi connectivity index (χ3n) is 2.97. The molecule has 1 aromatic heterocycles. The summed E-state index contributed by atoms with van der Waals surface area (Å²) in [6.07, 6.45) is 0.641. The number of nitrogens with one attached hydrogen (secondary N) is 1. The van der Waals surface area contributed by atoms with Crippen LogP contribution in [0.3, 0.4) is 0 Å². The molecule has 108 valence electrons. The molecule has 2 rings (SSSR count). The normalized spacial score (nSPS) is 12.7. The largest absolute Gasteiger partial charge is 0.310 e. The third-order valence-corrected chi connectivity index (χ3v) is 4.60. The highest BCUT2D eigenvalue weighted by molar-refractivity contribution is 9.10. The highest BCUT2D eigenvalue weighted by Gasteiger charge is 2.19. The van der Waals surface area contributed by atoms with Gasteiger partial charge < -0.3 is 5.32 Å². The quantitative estimate of drug-likeness (QED) is 0.800. The zero-order valence-electron chi connectivity index (χ0n) is 11.2. The average molecular weight is 361 g/mol. The van der Waals surface area contributed by atoms with E-state index in [4.69, 9.17) is 0 Å². The number of aromatic nitrogens is 1. The van der Waals surface area contributed by atoms with Gasteiger partial charge in [-0.25, -0.2) is 13.8 Å². The molecule has 0 saturated carbocycles. The van der Waals surface area contributed by atoms with Gasteiger partial charge in [0.25, 0.3) is 0 Å². The highest BCUT2D eigenvalue weighted by atomic mass is 79.9. The third kappa shape index (κ3) is 3.42. The lowest BCUT2D eigenvalue weighted by molar-refractivity contribution is 0.490. The van der Waals surface area contributed by atoms with E-state index in [2.05, 4.69) is 26.2 Å². The van der Waals surface area contributed by atoms with Crippen LogP contribution in [0.4, 0.5) is 8.78 Å². The first-order valence-corrected chi connectivity index (χ1v) is 7.98. The number of halogens is 3. The van der Waals surface area contributed by atoms with Gasteiger partial charge in [0, 0.05) is 17.8 Å². The molecule has 1 N–H and O–H groups in total. The first-order valence-electron chi connectivity index (χ1n) is 6.30. The molecule has 0 aliphatic heterocycles. The predicted octanol–water partition coefficient (Wildman–Crippen LogP) is 4.39. The summed E-state index contributed by atoms with van der Waals surface area (Å²) >= 11 is 4.73. The molecule has 1 unspecified atom stereocenters. The number of hydrogen-bond donors (Lipinski definition) is 1. The second-order valence-corrected chi connectivity index (χ2v) is 6.29. The highest BCUT2D eigenvalue weighted by Crippen LogP contribution is 2.30. The van der Waals surface area contributed by atoms with Crippen LogP contribution in [0.2, 0.25) is 0 Å². The van der Waals surface area contributed by atoms with E-state index in [9.17, 15) is 8.78 Å². The fraction of sp³-hybridized carbons (Fsp3) is 0.357. The van der Waals surface area contributed by atoms with Crippen molar-refractivity contribution in [2.24, 2.45) is 0 Å². The molecule has 1 heterocycles. The van der Waals surface area contributed by atoms with Gasteiger partial charge in [0.05, 0.1) is 15.2 Å². The lowest BCUT2D eigenvalue weighted by atomic mass is 10.0. The SMILES string of the molecule is CCNC(Cc1csc(C)n1)c1ccc(F)c(F)c1Br. The van der Waals surface area contributed by atoms with Gasteiger partial charge in [-0.05, 0) is 41.0 Å². The molecule has 1 aromatic carbocycles. The minimum Gasteiger partial charge on any atom is -0.310 e. The van der Waals surface area contributed by atoms with E-state index in [-0.39, 0.29) is 10.5 Å². The van der Waals surface area contributed by atoms with Gasteiger partial charge in [0.2, 0.25) is 0 Å². The van der Waals surface area contributed by atoms with E-state index in [1.807, 2.05) is 19.2 Å². The second kappa shape index (κ2) is 6.74. The number of hydrogen-bond acceptors (Lipinski definition) is 3. The Labute approximate surface area is 129 Å². The van der Waals surface area contributed by atoms with Crippen molar-refractivity contribution in [2.75, 3.05) is 6.54 Å². The van der Waals surface area contributed by atoms with Gasteiger partial charge in [-0.15, -0.1) is 11.3 Å². The maximum Gasteiger partial charge on any atom is 0.173 e. The van der Waals surface area contributed by atoms with Crippen LogP contribution in [0.1, 0.15) is 29.2 Å². The Morgan fingerprint density at radius 2 is 2.15 bits per heavy atom. The van der Waals surface area contributed by atoms with Crippen LogP contribution in [0.5, 0.6) is 0 Å². The van der Waals surface area contributed by atoms with Crippen molar-refractivity contribution in [1.82, 2.24) is 10.3 Å². The Bertz CT molecular complexity index is 601. The summed E-state index contributed by atoms with van der Waals surface area (Å²) in [6.45, 7) is 4.66. The number of rotatable bonds is 5. The van der Waals surface area contributed by atoms with E-state index in [0.717, 1.165) is 23.3 Å². The topological polar surface area (TPSA) is 24.9 Å². The van der Waals surface area contributed by atoms with Crippen molar-refractivity contribution in [1.29, 1.82) is 0 Å². The monoisotopic (exact) mass is 360 g/mol. The molecular weight excluding hydrogens is 346 g/mol. The lowest BCUT2D eigenvalue weighted by Crippen LogP contribution is -2.24. The van der Waals surface area contributed by atoms with E-state index in [1.54, 1.807) is 17.4 Å². The predicted molar refractivity (Wildman–Crippen MR) is 81.0 cm³/mol. The Hall–Kier alpha value is -0.850. The molecule has 0 saturated heterocycles. The summed E-state index contributed by atoms with van der Waals surface area (Å²) in [5, 5.41) is 6.28. The zero-order valence-corrected chi connectivity index (χ0v) is 13.6. The van der Waals surface area contributed by atoms with Crippen LogP contribution in [0.25, 0.3) is 0 Å². The number of thiazole rings is 1. The number of benzene rings is 1. The maximum atomic E-state index is 13.7. The van der Waals surface area contributed by atoms with E-state index < -0.39 is 11.6 Å². The van der Waals surface area contributed by atoms with Gasteiger partial charge in [-0.3, -0.25) is 0 Å². The average Bonchev–Trinajstić information content (AvgIpc) is 2.81. The van der Waals surface area contributed by atoms with Crippen molar-refractivity contribution in [2.45, 2.75) is 26.3 Å². The van der Waals surface area contributed by atoms with Crippen LogP contribution in [-0.2, 0) is 6.42 Å². The van der Waals surface area contributed by atoms with Crippen molar-refractivity contribution in [3.63, 3.8) is 0 Å². The van der Waals surface area contributed by atoms with Gasteiger partial charge in [-0.1, -0.05) is 13.0 Å². The molecule has 2 nitrogen and oxygen atoms in total. The molecule has 0 bridgehead atoms. The number of aryl methyl sites for hydroxylation is 1. The molecule has 0 aliphatic carbocycles. The van der Waals surface area contributed by atoms with E-state index in [0.29, 0.717) is 12.0 Å². The lowest BCUT2D eigenvalue weighted by Gasteiger charge is -2.19. The molecule has 1 atom stereocenters. The minimum atomic E-state index is -0.847. The van der Waals surface area contributed by atoms with Gasteiger partial charge in [0.15, 0.2) is 11.6 Å². The van der Waals surface area contributed by atoms with Gasteiger partial charge in [-0.2, -0.15) is 0 Å². The number of likely N-dealkylation sites (N-methyl/N-ethyl adjacent to an activating group) is 1. The molecule has 6 heteroatoms. The summed E-state index contributed by atoms with van der Waals surface area (Å²) in [6, 6.07) is 2.66. The fourth-order valence-electron chi connectivity index (χ4n) is 2.06. The molecule has 2 aromatic rings. The molecule has 20 heavy (non-hydrogen) atoms. The van der Waals surface area contributed by atoms with Crippen LogP contribution in [-0.4, -0.2) is 11.5 Å². The Kier molecular flexibility index (Phi) is 5.23. The minimum absolute atomic E-state index is 0.106. The first-order chi connectivity index (χ1) is 9.52. The van der Waals surface area contributed by atoms with Crippen molar-refractivity contribution in [3.8, 4) is 0 Å². The van der Waals surface area contributed by atoms with Crippen LogP contribution in [0.15, 0.2) is 22.0 Å². The number of nitrogens with zero attached hydrogens (tertiary/aromatic N) is 1. The smallest absolute Gasteiger partial charge is 0.173 e.